The lowest BCUT2D eigenvalue weighted by Crippen LogP contribution is -2.04. The van der Waals surface area contributed by atoms with Gasteiger partial charge in [-0.2, -0.15) is 5.10 Å². The third-order valence-electron chi connectivity index (χ3n) is 4.45. The van der Waals surface area contributed by atoms with Crippen LogP contribution in [0.1, 0.15) is 16.8 Å². The maximum absolute atomic E-state index is 11.1. The lowest BCUT2D eigenvalue weighted by Gasteiger charge is -2.11. The zero-order valence-corrected chi connectivity index (χ0v) is 15.0. The van der Waals surface area contributed by atoms with Crippen molar-refractivity contribution in [2.45, 2.75) is 19.6 Å². The van der Waals surface area contributed by atoms with Gasteiger partial charge in [-0.05, 0) is 35.9 Å². The standard InChI is InChI=1S/C21H19N3O4/c22-11-16-10-18(24-23-16)17-8-13(7-15-5-6-27-21(15)17)12-28-19-4-2-1-3-14(19)9-20(25)26/h1-8,10H,9,11-12,22H2,(H,23,24)(H,25,26). The fraction of sp³-hybridized carbons (Fsp3) is 0.143. The molecule has 4 rings (SSSR count). The topological polar surface area (TPSA) is 114 Å². The van der Waals surface area contributed by atoms with E-state index in [-0.39, 0.29) is 6.42 Å². The molecule has 2 aromatic carbocycles. The minimum absolute atomic E-state index is 0.0860. The van der Waals surface area contributed by atoms with E-state index in [1.54, 1.807) is 24.5 Å². The predicted octanol–water partition coefficient (Wildman–Crippen LogP) is 3.49. The average Bonchev–Trinajstić information content (AvgIpc) is 3.35. The lowest BCUT2D eigenvalue weighted by atomic mass is 10.0. The number of furan rings is 1. The van der Waals surface area contributed by atoms with E-state index in [4.69, 9.17) is 20.0 Å². The SMILES string of the molecule is NCc1cc(-c2cc(COc3ccccc3CC(=O)O)cc3ccoc23)n[nH]1. The molecule has 0 aliphatic carbocycles. The number of aromatic nitrogens is 2. The molecule has 0 unspecified atom stereocenters. The number of nitrogens with zero attached hydrogens (tertiary/aromatic N) is 1. The van der Waals surface area contributed by atoms with Gasteiger partial charge in [0.25, 0.3) is 0 Å². The number of nitrogens with two attached hydrogens (primary N) is 1. The number of benzene rings is 2. The number of aliphatic carboxylic acids is 1. The molecule has 7 nitrogen and oxygen atoms in total. The van der Waals surface area contributed by atoms with E-state index < -0.39 is 5.97 Å². The Kier molecular flexibility index (Phi) is 4.82. The van der Waals surface area contributed by atoms with E-state index in [1.807, 2.05) is 30.3 Å². The van der Waals surface area contributed by atoms with E-state index in [0.717, 1.165) is 33.5 Å². The summed E-state index contributed by atoms with van der Waals surface area (Å²) in [7, 11) is 0. The van der Waals surface area contributed by atoms with Crippen molar-refractivity contribution in [2.75, 3.05) is 0 Å². The van der Waals surface area contributed by atoms with Crippen LogP contribution in [0, 0.1) is 0 Å². The number of ether oxygens (including phenoxy) is 1. The van der Waals surface area contributed by atoms with Gasteiger partial charge in [0.1, 0.15) is 17.9 Å². The van der Waals surface area contributed by atoms with Crippen molar-refractivity contribution in [1.82, 2.24) is 10.2 Å². The lowest BCUT2D eigenvalue weighted by molar-refractivity contribution is -0.136. The Hall–Kier alpha value is -3.58. The molecule has 142 valence electrons. The summed E-state index contributed by atoms with van der Waals surface area (Å²) in [4.78, 5) is 11.1. The molecule has 0 atom stereocenters. The van der Waals surface area contributed by atoms with Crippen LogP contribution in [0.3, 0.4) is 0 Å². The van der Waals surface area contributed by atoms with Gasteiger partial charge in [-0.15, -0.1) is 0 Å². The maximum atomic E-state index is 11.1. The van der Waals surface area contributed by atoms with Gasteiger partial charge in [0.05, 0.1) is 18.4 Å². The van der Waals surface area contributed by atoms with Gasteiger partial charge in [0.2, 0.25) is 0 Å². The first-order valence-corrected chi connectivity index (χ1v) is 8.81. The fourth-order valence-corrected chi connectivity index (χ4v) is 3.14. The monoisotopic (exact) mass is 377 g/mol. The van der Waals surface area contributed by atoms with Crippen molar-refractivity contribution in [2.24, 2.45) is 5.73 Å². The van der Waals surface area contributed by atoms with E-state index in [2.05, 4.69) is 10.2 Å². The zero-order chi connectivity index (χ0) is 19.5. The average molecular weight is 377 g/mol. The molecule has 0 bridgehead atoms. The second kappa shape index (κ2) is 7.58. The molecule has 0 radical (unpaired) electrons. The quantitative estimate of drug-likeness (QED) is 0.454. The molecule has 0 saturated heterocycles. The smallest absolute Gasteiger partial charge is 0.307 e. The first-order valence-electron chi connectivity index (χ1n) is 8.81. The first kappa shape index (κ1) is 17.8. The summed E-state index contributed by atoms with van der Waals surface area (Å²) in [5.74, 6) is -0.337. The van der Waals surface area contributed by atoms with Crippen molar-refractivity contribution in [3.63, 3.8) is 0 Å². The van der Waals surface area contributed by atoms with Crippen LogP contribution in [0.5, 0.6) is 5.75 Å². The van der Waals surface area contributed by atoms with Crippen LogP contribution < -0.4 is 10.5 Å². The van der Waals surface area contributed by atoms with Gasteiger partial charge in [-0.1, -0.05) is 18.2 Å². The molecule has 28 heavy (non-hydrogen) atoms. The summed E-state index contributed by atoms with van der Waals surface area (Å²) in [6.07, 6.45) is 1.55. The number of carbonyl (C=O) groups is 1. The van der Waals surface area contributed by atoms with Crippen LogP contribution in [0.4, 0.5) is 0 Å². The van der Waals surface area contributed by atoms with Crippen LogP contribution >= 0.6 is 0 Å². The summed E-state index contributed by atoms with van der Waals surface area (Å²) in [5, 5.41) is 17.2. The molecule has 7 heteroatoms. The number of para-hydroxylation sites is 1. The Morgan fingerprint density at radius 2 is 2.07 bits per heavy atom. The number of rotatable bonds is 7. The van der Waals surface area contributed by atoms with Crippen molar-refractivity contribution >= 4 is 16.9 Å². The normalized spacial score (nSPS) is 11.0. The minimum atomic E-state index is -0.896. The molecule has 4 N–H and O–H groups in total. The van der Waals surface area contributed by atoms with E-state index >= 15 is 0 Å². The Labute approximate surface area is 160 Å². The van der Waals surface area contributed by atoms with Crippen molar-refractivity contribution in [3.8, 4) is 17.0 Å². The molecule has 4 aromatic rings. The zero-order valence-electron chi connectivity index (χ0n) is 15.0. The van der Waals surface area contributed by atoms with Crippen LogP contribution in [0.2, 0.25) is 0 Å². The highest BCUT2D eigenvalue weighted by atomic mass is 16.5. The van der Waals surface area contributed by atoms with Crippen LogP contribution in [-0.4, -0.2) is 21.3 Å². The third kappa shape index (κ3) is 3.60. The van der Waals surface area contributed by atoms with E-state index in [9.17, 15) is 4.79 Å². The number of hydrogen-bond acceptors (Lipinski definition) is 5. The Morgan fingerprint density at radius 3 is 2.86 bits per heavy atom. The number of nitrogens with one attached hydrogen (secondary N) is 1. The molecule has 0 saturated carbocycles. The molecule has 0 aliphatic rings. The molecule has 0 fully saturated rings. The Balaban J connectivity index is 1.64. The summed E-state index contributed by atoms with van der Waals surface area (Å²) in [5.41, 5.74) is 10.4. The highest BCUT2D eigenvalue weighted by Gasteiger charge is 2.14. The highest BCUT2D eigenvalue weighted by molar-refractivity contribution is 5.92. The summed E-state index contributed by atoms with van der Waals surface area (Å²) < 4.78 is 11.6. The van der Waals surface area contributed by atoms with E-state index in [1.165, 1.54) is 0 Å². The van der Waals surface area contributed by atoms with Crippen LogP contribution in [-0.2, 0) is 24.4 Å². The maximum Gasteiger partial charge on any atom is 0.307 e. The molecule has 0 amide bonds. The first-order chi connectivity index (χ1) is 13.6. The summed E-state index contributed by atoms with van der Waals surface area (Å²) in [6, 6.07) is 14.9. The highest BCUT2D eigenvalue weighted by Crippen LogP contribution is 2.31. The van der Waals surface area contributed by atoms with Gasteiger partial charge < -0.3 is 20.0 Å². The fourth-order valence-electron chi connectivity index (χ4n) is 3.14. The molecule has 2 aromatic heterocycles. The number of carboxylic acids is 1. The molecule has 2 heterocycles. The van der Waals surface area contributed by atoms with Crippen LogP contribution in [0.25, 0.3) is 22.2 Å². The number of fused-ring (bicyclic) bond motifs is 1. The van der Waals surface area contributed by atoms with Gasteiger partial charge >= 0.3 is 5.97 Å². The Morgan fingerprint density at radius 1 is 1.21 bits per heavy atom. The second-order valence-corrected chi connectivity index (χ2v) is 6.43. The predicted molar refractivity (Wildman–Crippen MR) is 104 cm³/mol. The summed E-state index contributed by atoms with van der Waals surface area (Å²) in [6.45, 7) is 0.663. The van der Waals surface area contributed by atoms with Crippen molar-refractivity contribution < 1.29 is 19.1 Å². The Bertz CT molecular complexity index is 1130. The van der Waals surface area contributed by atoms with E-state index in [0.29, 0.717) is 24.5 Å². The van der Waals surface area contributed by atoms with Crippen LogP contribution in [0.15, 0.2) is 59.2 Å². The number of aromatic amines is 1. The third-order valence-corrected chi connectivity index (χ3v) is 4.45. The number of H-pyrrole nitrogens is 1. The molecule has 0 spiro atoms. The largest absolute Gasteiger partial charge is 0.489 e. The van der Waals surface area contributed by atoms with Gasteiger partial charge in [0, 0.05) is 28.8 Å². The molecular weight excluding hydrogens is 358 g/mol. The number of carboxylic acid groups (broad SMARTS) is 1. The minimum Gasteiger partial charge on any atom is -0.489 e. The van der Waals surface area contributed by atoms with Crippen molar-refractivity contribution in [1.29, 1.82) is 0 Å². The van der Waals surface area contributed by atoms with Gasteiger partial charge in [-0.3, -0.25) is 9.89 Å². The molecule has 0 aliphatic heterocycles. The summed E-state index contributed by atoms with van der Waals surface area (Å²) >= 11 is 0. The van der Waals surface area contributed by atoms with Gasteiger partial charge in [0.15, 0.2) is 0 Å². The van der Waals surface area contributed by atoms with Crippen molar-refractivity contribution in [3.05, 3.63) is 71.6 Å². The second-order valence-electron chi connectivity index (χ2n) is 6.43. The molecular formula is C21H19N3O4. The van der Waals surface area contributed by atoms with Gasteiger partial charge in [-0.25, -0.2) is 0 Å². The number of hydrogen-bond donors (Lipinski definition) is 3.